The van der Waals surface area contributed by atoms with E-state index in [-0.39, 0.29) is 11.6 Å². The lowest BCUT2D eigenvalue weighted by Crippen LogP contribution is -2.19. The van der Waals surface area contributed by atoms with Crippen molar-refractivity contribution in [3.8, 4) is 0 Å². The Balaban J connectivity index is 2.13. The number of ether oxygens (including phenoxy) is 1. The molecule has 0 saturated carbocycles. The lowest BCUT2D eigenvalue weighted by Gasteiger charge is -2.11. The van der Waals surface area contributed by atoms with Gasteiger partial charge >= 0.3 is 0 Å². The van der Waals surface area contributed by atoms with Crippen molar-refractivity contribution in [1.82, 2.24) is 5.32 Å². The third-order valence-corrected chi connectivity index (χ3v) is 3.98. The first-order valence-electron chi connectivity index (χ1n) is 6.61. The van der Waals surface area contributed by atoms with E-state index in [9.17, 15) is 8.78 Å². The summed E-state index contributed by atoms with van der Waals surface area (Å²) in [7, 11) is 1.62. The highest BCUT2D eigenvalue weighted by Gasteiger charge is 2.10. The number of methoxy groups -OCH3 is 1. The molecule has 1 N–H and O–H groups in total. The predicted octanol–water partition coefficient (Wildman–Crippen LogP) is 3.85. The first-order chi connectivity index (χ1) is 10.2. The normalized spacial score (nSPS) is 10.8. The minimum absolute atomic E-state index is 0.263. The van der Waals surface area contributed by atoms with Crippen molar-refractivity contribution in [2.24, 2.45) is 0 Å². The van der Waals surface area contributed by atoms with Gasteiger partial charge in [0.25, 0.3) is 0 Å². The molecule has 5 heteroatoms. The molecule has 0 aromatic heterocycles. The smallest absolute Gasteiger partial charge is 0.128 e. The second-order valence-corrected chi connectivity index (χ2v) is 5.56. The minimum Gasteiger partial charge on any atom is -0.383 e. The molecule has 2 nitrogen and oxygen atoms in total. The average molecular weight is 309 g/mol. The SMILES string of the molecule is COCCNCc1c(F)cccc1Sc1cccc(F)c1. The summed E-state index contributed by atoms with van der Waals surface area (Å²) in [6.07, 6.45) is 0. The van der Waals surface area contributed by atoms with Crippen molar-refractivity contribution >= 4 is 11.8 Å². The number of halogens is 2. The van der Waals surface area contributed by atoms with Crippen LogP contribution in [-0.2, 0) is 11.3 Å². The molecular formula is C16H17F2NOS. The highest BCUT2D eigenvalue weighted by atomic mass is 32.2. The van der Waals surface area contributed by atoms with Gasteiger partial charge in [0.2, 0.25) is 0 Å². The van der Waals surface area contributed by atoms with Gasteiger partial charge in [-0.2, -0.15) is 0 Å². The van der Waals surface area contributed by atoms with Crippen LogP contribution in [0.2, 0.25) is 0 Å². The summed E-state index contributed by atoms with van der Waals surface area (Å²) in [4.78, 5) is 1.53. The molecule has 0 aliphatic carbocycles. The van der Waals surface area contributed by atoms with E-state index >= 15 is 0 Å². The average Bonchev–Trinajstić information content (AvgIpc) is 2.46. The molecule has 21 heavy (non-hydrogen) atoms. The van der Waals surface area contributed by atoms with Crippen molar-refractivity contribution in [1.29, 1.82) is 0 Å². The lowest BCUT2D eigenvalue weighted by molar-refractivity contribution is 0.199. The zero-order valence-corrected chi connectivity index (χ0v) is 12.6. The molecule has 112 valence electrons. The zero-order chi connectivity index (χ0) is 15.1. The molecular weight excluding hydrogens is 292 g/mol. The van der Waals surface area contributed by atoms with Gasteiger partial charge in [0.05, 0.1) is 6.61 Å². The molecule has 0 aliphatic heterocycles. The van der Waals surface area contributed by atoms with Crippen LogP contribution >= 0.6 is 11.8 Å². The Kier molecular flexibility index (Phi) is 6.17. The second-order valence-electron chi connectivity index (χ2n) is 4.45. The highest BCUT2D eigenvalue weighted by molar-refractivity contribution is 7.99. The van der Waals surface area contributed by atoms with E-state index in [4.69, 9.17) is 4.74 Å². The van der Waals surface area contributed by atoms with E-state index in [0.717, 1.165) is 9.79 Å². The summed E-state index contributed by atoms with van der Waals surface area (Å²) < 4.78 is 32.2. The Morgan fingerprint density at radius 1 is 1.14 bits per heavy atom. The Morgan fingerprint density at radius 3 is 2.71 bits per heavy atom. The number of nitrogens with one attached hydrogen (secondary N) is 1. The van der Waals surface area contributed by atoms with Gasteiger partial charge in [-0.3, -0.25) is 0 Å². The molecule has 0 aliphatic rings. The van der Waals surface area contributed by atoms with Crippen LogP contribution in [0, 0.1) is 11.6 Å². The molecule has 0 amide bonds. The quantitative estimate of drug-likeness (QED) is 0.785. The monoisotopic (exact) mass is 309 g/mol. The van der Waals surface area contributed by atoms with Crippen molar-refractivity contribution in [3.63, 3.8) is 0 Å². The summed E-state index contributed by atoms with van der Waals surface area (Å²) in [6.45, 7) is 1.63. The third kappa shape index (κ3) is 4.81. The van der Waals surface area contributed by atoms with Crippen LogP contribution in [0.3, 0.4) is 0 Å². The van der Waals surface area contributed by atoms with E-state index < -0.39 is 0 Å². The van der Waals surface area contributed by atoms with Gasteiger partial charge in [-0.05, 0) is 30.3 Å². The van der Waals surface area contributed by atoms with Crippen LogP contribution in [0.4, 0.5) is 8.78 Å². The lowest BCUT2D eigenvalue weighted by atomic mass is 10.2. The molecule has 0 spiro atoms. The summed E-state index contributed by atoms with van der Waals surface area (Å²) in [5.41, 5.74) is 0.586. The van der Waals surface area contributed by atoms with Crippen molar-refractivity contribution in [3.05, 3.63) is 59.7 Å². The molecule has 2 aromatic carbocycles. The van der Waals surface area contributed by atoms with E-state index in [1.165, 1.54) is 30.0 Å². The summed E-state index contributed by atoms with van der Waals surface area (Å²) >= 11 is 1.36. The second kappa shape index (κ2) is 8.12. The largest absolute Gasteiger partial charge is 0.383 e. The fraction of sp³-hybridized carbons (Fsp3) is 0.250. The first-order valence-corrected chi connectivity index (χ1v) is 7.43. The number of hydrogen-bond acceptors (Lipinski definition) is 3. The molecule has 0 bridgehead atoms. The zero-order valence-electron chi connectivity index (χ0n) is 11.7. The Bertz CT molecular complexity index is 592. The van der Waals surface area contributed by atoms with Gasteiger partial charge in [0.1, 0.15) is 11.6 Å². The van der Waals surface area contributed by atoms with Crippen molar-refractivity contribution in [2.75, 3.05) is 20.3 Å². The Hall–Kier alpha value is -1.43. The Labute approximate surface area is 127 Å². The maximum atomic E-state index is 14.0. The molecule has 2 aromatic rings. The highest BCUT2D eigenvalue weighted by Crippen LogP contribution is 2.31. The van der Waals surface area contributed by atoms with Gasteiger partial charge in [-0.25, -0.2) is 8.78 Å². The Morgan fingerprint density at radius 2 is 1.95 bits per heavy atom. The fourth-order valence-corrected chi connectivity index (χ4v) is 2.86. The first kappa shape index (κ1) is 15.9. The molecule has 2 rings (SSSR count). The summed E-state index contributed by atoms with van der Waals surface area (Å²) in [6, 6.07) is 11.2. The van der Waals surface area contributed by atoms with Crippen LogP contribution < -0.4 is 5.32 Å². The van der Waals surface area contributed by atoms with Gasteiger partial charge in [0, 0.05) is 35.6 Å². The van der Waals surface area contributed by atoms with Gasteiger partial charge in [-0.1, -0.05) is 23.9 Å². The van der Waals surface area contributed by atoms with E-state index in [2.05, 4.69) is 5.32 Å². The number of rotatable bonds is 7. The van der Waals surface area contributed by atoms with Gasteiger partial charge < -0.3 is 10.1 Å². The number of hydrogen-bond donors (Lipinski definition) is 1. The van der Waals surface area contributed by atoms with Crippen LogP contribution in [0.1, 0.15) is 5.56 Å². The fourth-order valence-electron chi connectivity index (χ4n) is 1.85. The minimum atomic E-state index is -0.295. The van der Waals surface area contributed by atoms with Crippen LogP contribution in [-0.4, -0.2) is 20.3 Å². The van der Waals surface area contributed by atoms with Crippen molar-refractivity contribution < 1.29 is 13.5 Å². The summed E-state index contributed by atoms with van der Waals surface area (Å²) in [5.74, 6) is -0.558. The van der Waals surface area contributed by atoms with Crippen LogP contribution in [0.5, 0.6) is 0 Å². The molecule has 0 fully saturated rings. The van der Waals surface area contributed by atoms with Crippen LogP contribution in [0.15, 0.2) is 52.3 Å². The number of benzene rings is 2. The topological polar surface area (TPSA) is 21.3 Å². The maximum Gasteiger partial charge on any atom is 0.128 e. The van der Waals surface area contributed by atoms with E-state index in [0.29, 0.717) is 25.3 Å². The molecule has 0 heterocycles. The molecule has 0 radical (unpaired) electrons. The molecule has 0 saturated heterocycles. The van der Waals surface area contributed by atoms with Gasteiger partial charge in [0.15, 0.2) is 0 Å². The molecule has 0 unspecified atom stereocenters. The van der Waals surface area contributed by atoms with E-state index in [1.807, 2.05) is 6.07 Å². The third-order valence-electron chi connectivity index (χ3n) is 2.88. The maximum absolute atomic E-state index is 14.0. The molecule has 0 atom stereocenters. The van der Waals surface area contributed by atoms with E-state index in [1.54, 1.807) is 25.3 Å². The van der Waals surface area contributed by atoms with Crippen LogP contribution in [0.25, 0.3) is 0 Å². The van der Waals surface area contributed by atoms with Crippen molar-refractivity contribution in [2.45, 2.75) is 16.3 Å². The van der Waals surface area contributed by atoms with Gasteiger partial charge in [-0.15, -0.1) is 0 Å². The standard InChI is InChI=1S/C16H17F2NOS/c1-20-9-8-19-11-14-15(18)6-3-7-16(14)21-13-5-2-4-12(17)10-13/h2-7,10,19H,8-9,11H2,1H3. The summed E-state index contributed by atoms with van der Waals surface area (Å²) in [5, 5.41) is 3.13. The predicted molar refractivity (Wildman–Crippen MR) is 80.5 cm³/mol.